The summed E-state index contributed by atoms with van der Waals surface area (Å²) in [6, 6.07) is 8.47. The molecule has 19 heavy (non-hydrogen) atoms. The van der Waals surface area contributed by atoms with E-state index >= 15 is 0 Å². The van der Waals surface area contributed by atoms with Gasteiger partial charge in [-0.2, -0.15) is 5.10 Å². The summed E-state index contributed by atoms with van der Waals surface area (Å²) >= 11 is 0. The molecule has 0 atom stereocenters. The van der Waals surface area contributed by atoms with E-state index in [2.05, 4.69) is 58.6 Å². The molecule has 0 bridgehead atoms. The average Bonchev–Trinajstić information content (AvgIpc) is 2.94. The summed E-state index contributed by atoms with van der Waals surface area (Å²) < 4.78 is 0. The molecule has 1 aliphatic heterocycles. The van der Waals surface area contributed by atoms with Crippen molar-refractivity contribution >= 4 is 5.69 Å². The predicted octanol–water partition coefficient (Wildman–Crippen LogP) is 3.32. The van der Waals surface area contributed by atoms with Crippen LogP contribution in [0.25, 0.3) is 0 Å². The summed E-state index contributed by atoms with van der Waals surface area (Å²) in [6.07, 6.45) is 3.54. The molecule has 0 spiro atoms. The molecule has 4 nitrogen and oxygen atoms in total. The Kier molecular flexibility index (Phi) is 4.34. The Hall–Kier alpha value is -2.10. The first-order valence-electron chi connectivity index (χ1n) is 6.56. The quantitative estimate of drug-likeness (QED) is 0.823. The molecular formula is C15H20N4. The summed E-state index contributed by atoms with van der Waals surface area (Å²) in [7, 11) is 0. The van der Waals surface area contributed by atoms with Crippen molar-refractivity contribution in [1.29, 1.82) is 0 Å². The zero-order valence-corrected chi connectivity index (χ0v) is 11.7. The van der Waals surface area contributed by atoms with Gasteiger partial charge in [0.05, 0.1) is 0 Å². The number of benzene rings is 1. The van der Waals surface area contributed by atoms with E-state index in [1.807, 2.05) is 6.92 Å². The first kappa shape index (κ1) is 13.3. The number of nitrogens with one attached hydrogen (secondary N) is 2. The third-order valence-electron chi connectivity index (χ3n) is 3.24. The number of aromatic amines is 1. The van der Waals surface area contributed by atoms with Crippen LogP contribution in [0.4, 0.5) is 5.69 Å². The lowest BCUT2D eigenvalue weighted by Gasteiger charge is -2.20. The van der Waals surface area contributed by atoms with E-state index in [1.54, 1.807) is 0 Å². The molecule has 1 aromatic heterocycles. The van der Waals surface area contributed by atoms with Gasteiger partial charge >= 0.3 is 0 Å². The molecule has 2 N–H and O–H groups in total. The summed E-state index contributed by atoms with van der Waals surface area (Å²) in [5.74, 6) is 0.944. The predicted molar refractivity (Wildman–Crippen MR) is 77.9 cm³/mol. The van der Waals surface area contributed by atoms with Gasteiger partial charge in [0.2, 0.25) is 0 Å². The molecule has 100 valence electrons. The Labute approximate surface area is 114 Å². The number of H-pyrrole nitrogens is 1. The maximum atomic E-state index is 3.87. The van der Waals surface area contributed by atoms with E-state index in [1.165, 1.54) is 28.8 Å². The van der Waals surface area contributed by atoms with Gasteiger partial charge in [-0.25, -0.2) is 4.98 Å². The number of nitrogens with zero attached hydrogens (tertiary/aromatic N) is 2. The lowest BCUT2D eigenvalue weighted by molar-refractivity contribution is 0.946. The van der Waals surface area contributed by atoms with Crippen molar-refractivity contribution in [2.24, 2.45) is 0 Å². The van der Waals surface area contributed by atoms with E-state index in [0.29, 0.717) is 0 Å². The van der Waals surface area contributed by atoms with Gasteiger partial charge in [-0.05, 0) is 37.5 Å². The number of hydrogen-bond donors (Lipinski definition) is 2. The van der Waals surface area contributed by atoms with Crippen LogP contribution in [0.2, 0.25) is 0 Å². The van der Waals surface area contributed by atoms with Crippen LogP contribution < -0.4 is 5.32 Å². The molecule has 0 aliphatic carbocycles. The number of rotatable bonds is 1. The third kappa shape index (κ3) is 3.44. The minimum Gasteiger partial charge on any atom is -0.359 e. The van der Waals surface area contributed by atoms with Gasteiger partial charge in [-0.1, -0.05) is 25.1 Å². The fourth-order valence-corrected chi connectivity index (χ4v) is 1.92. The van der Waals surface area contributed by atoms with Gasteiger partial charge in [0, 0.05) is 17.8 Å². The summed E-state index contributed by atoms with van der Waals surface area (Å²) in [5, 5.41) is 9.77. The van der Waals surface area contributed by atoms with Crippen LogP contribution in [0.1, 0.15) is 32.2 Å². The van der Waals surface area contributed by atoms with Gasteiger partial charge in [0.15, 0.2) is 0 Å². The van der Waals surface area contributed by atoms with Gasteiger partial charge in [-0.15, -0.1) is 0 Å². The summed E-state index contributed by atoms with van der Waals surface area (Å²) in [4.78, 5) is 3.87. The van der Waals surface area contributed by atoms with E-state index in [-0.39, 0.29) is 0 Å². The minimum absolute atomic E-state index is 0.931. The molecule has 0 saturated heterocycles. The molecule has 1 aromatic carbocycles. The zero-order chi connectivity index (χ0) is 13.7. The molecule has 4 heteroatoms. The van der Waals surface area contributed by atoms with Crippen LogP contribution in [0.15, 0.2) is 41.9 Å². The largest absolute Gasteiger partial charge is 0.359 e. The lowest BCUT2D eigenvalue weighted by atomic mass is 9.99. The fraction of sp³-hybridized carbons (Fsp3) is 0.333. The first-order valence-corrected chi connectivity index (χ1v) is 6.56. The standard InChI is InChI=1S/C11H13N.C4H7N3/c1-8-7-10-5-3-4-6-11(10)12-9(8)2;1-2-4-5-3-6-7-4/h3-6,12H,7H2,1-2H3;3H,2H2,1H3,(H,5,6,7). The molecule has 0 unspecified atom stereocenters. The molecule has 0 saturated carbocycles. The Morgan fingerprint density at radius 3 is 2.63 bits per heavy atom. The second kappa shape index (κ2) is 6.18. The highest BCUT2D eigenvalue weighted by molar-refractivity contribution is 5.59. The number of hydrogen-bond acceptors (Lipinski definition) is 3. The number of fused-ring (bicyclic) bond motifs is 1. The lowest BCUT2D eigenvalue weighted by Crippen LogP contribution is -2.08. The Bertz CT molecular complexity index is 522. The number of para-hydroxylation sites is 1. The maximum absolute atomic E-state index is 3.87. The Balaban J connectivity index is 0.000000163. The van der Waals surface area contributed by atoms with Gasteiger partial charge in [0.1, 0.15) is 12.2 Å². The van der Waals surface area contributed by atoms with Crippen LogP contribution in [-0.4, -0.2) is 15.2 Å². The van der Waals surface area contributed by atoms with Crippen molar-refractivity contribution in [2.75, 3.05) is 5.32 Å². The highest BCUT2D eigenvalue weighted by atomic mass is 15.2. The van der Waals surface area contributed by atoms with Crippen molar-refractivity contribution in [3.63, 3.8) is 0 Å². The van der Waals surface area contributed by atoms with Gasteiger partial charge < -0.3 is 5.32 Å². The number of aryl methyl sites for hydroxylation is 1. The zero-order valence-electron chi connectivity index (χ0n) is 11.7. The van der Waals surface area contributed by atoms with Crippen LogP contribution in [-0.2, 0) is 12.8 Å². The Morgan fingerprint density at radius 1 is 1.21 bits per heavy atom. The summed E-state index contributed by atoms with van der Waals surface area (Å²) in [5.41, 5.74) is 5.41. The first-order chi connectivity index (χ1) is 9.20. The number of allylic oxidation sites excluding steroid dienone is 2. The number of anilines is 1. The van der Waals surface area contributed by atoms with Crippen LogP contribution in [0.5, 0.6) is 0 Å². The highest BCUT2D eigenvalue weighted by Gasteiger charge is 2.09. The molecule has 0 fully saturated rings. The van der Waals surface area contributed by atoms with Crippen LogP contribution >= 0.6 is 0 Å². The van der Waals surface area contributed by atoms with E-state index in [0.717, 1.165) is 18.7 Å². The average molecular weight is 256 g/mol. The SMILES string of the molecule is CC1=C(C)Nc2ccccc2C1.CCc1ncn[nH]1. The van der Waals surface area contributed by atoms with Gasteiger partial charge in [0.25, 0.3) is 0 Å². The monoisotopic (exact) mass is 256 g/mol. The third-order valence-corrected chi connectivity index (χ3v) is 3.24. The Morgan fingerprint density at radius 2 is 2.00 bits per heavy atom. The number of aromatic nitrogens is 3. The molecule has 1 aliphatic rings. The topological polar surface area (TPSA) is 53.6 Å². The second-order valence-corrected chi connectivity index (χ2v) is 4.65. The minimum atomic E-state index is 0.931. The molecule has 0 amide bonds. The highest BCUT2D eigenvalue weighted by Crippen LogP contribution is 2.26. The molecular weight excluding hydrogens is 236 g/mol. The van der Waals surface area contributed by atoms with Crippen molar-refractivity contribution in [1.82, 2.24) is 15.2 Å². The second-order valence-electron chi connectivity index (χ2n) is 4.65. The van der Waals surface area contributed by atoms with Crippen LogP contribution in [0, 0.1) is 0 Å². The summed E-state index contributed by atoms with van der Waals surface area (Å²) in [6.45, 7) is 6.34. The van der Waals surface area contributed by atoms with Crippen molar-refractivity contribution in [2.45, 2.75) is 33.6 Å². The fourth-order valence-electron chi connectivity index (χ4n) is 1.92. The molecule has 2 aromatic rings. The van der Waals surface area contributed by atoms with Gasteiger partial charge in [-0.3, -0.25) is 5.10 Å². The van der Waals surface area contributed by atoms with E-state index < -0.39 is 0 Å². The van der Waals surface area contributed by atoms with E-state index in [9.17, 15) is 0 Å². The molecule has 3 rings (SSSR count). The molecule has 0 radical (unpaired) electrons. The van der Waals surface area contributed by atoms with E-state index in [4.69, 9.17) is 0 Å². The smallest absolute Gasteiger partial charge is 0.137 e. The normalized spacial score (nSPS) is 13.2. The van der Waals surface area contributed by atoms with Crippen molar-refractivity contribution in [3.05, 3.63) is 53.3 Å². The van der Waals surface area contributed by atoms with Crippen molar-refractivity contribution < 1.29 is 0 Å². The molecule has 2 heterocycles. The maximum Gasteiger partial charge on any atom is 0.137 e. The van der Waals surface area contributed by atoms with Crippen molar-refractivity contribution in [3.8, 4) is 0 Å². The van der Waals surface area contributed by atoms with Crippen LogP contribution in [0.3, 0.4) is 0 Å².